The minimum atomic E-state index is 0.511. The van der Waals surface area contributed by atoms with E-state index in [0.717, 1.165) is 5.56 Å². The summed E-state index contributed by atoms with van der Waals surface area (Å²) in [7, 11) is 0. The molecule has 0 atom stereocenters. The third kappa shape index (κ3) is 1.92. The van der Waals surface area contributed by atoms with Gasteiger partial charge in [-0.05, 0) is 18.9 Å². The second-order valence-electron chi connectivity index (χ2n) is 3.67. The molecule has 1 aliphatic rings. The molecule has 0 bridgehead atoms. The highest BCUT2D eigenvalue weighted by atomic mass is 16.4. The molecule has 1 fully saturated rings. The smallest absolute Gasteiger partial charge is 0.251 e. The zero-order chi connectivity index (χ0) is 10.1. The topological polar surface area (TPSA) is 64.1 Å². The standard InChI is InChI=1S/C10H11N3O2/c1-2-8(1)11-5-9-12-13-10(15-9)7-3-4-14-6-7/h3-4,6,8,11H,1-2,5H2. The fourth-order valence-electron chi connectivity index (χ4n) is 1.35. The van der Waals surface area contributed by atoms with Gasteiger partial charge in [0.25, 0.3) is 5.89 Å². The lowest BCUT2D eigenvalue weighted by molar-refractivity contribution is 0.475. The Balaban J connectivity index is 1.69. The number of nitrogens with one attached hydrogen (secondary N) is 1. The van der Waals surface area contributed by atoms with Crippen LogP contribution in [0.5, 0.6) is 0 Å². The quantitative estimate of drug-likeness (QED) is 0.820. The zero-order valence-electron chi connectivity index (χ0n) is 8.14. The van der Waals surface area contributed by atoms with Crippen LogP contribution < -0.4 is 5.32 Å². The van der Waals surface area contributed by atoms with Crippen LogP contribution in [0.15, 0.2) is 27.4 Å². The molecular formula is C10H11N3O2. The van der Waals surface area contributed by atoms with E-state index in [2.05, 4.69) is 15.5 Å². The highest BCUT2D eigenvalue weighted by Crippen LogP contribution is 2.20. The molecular weight excluding hydrogens is 194 g/mol. The van der Waals surface area contributed by atoms with Gasteiger partial charge in [0.05, 0.1) is 18.4 Å². The van der Waals surface area contributed by atoms with Crippen molar-refractivity contribution in [3.05, 3.63) is 24.5 Å². The number of nitrogens with zero attached hydrogens (tertiary/aromatic N) is 2. The maximum atomic E-state index is 5.46. The summed E-state index contributed by atoms with van der Waals surface area (Å²) in [5, 5.41) is 11.2. The van der Waals surface area contributed by atoms with Crippen molar-refractivity contribution in [3.8, 4) is 11.5 Å². The Bertz CT molecular complexity index is 431. The molecule has 2 aromatic heterocycles. The molecule has 0 saturated heterocycles. The molecule has 0 radical (unpaired) electrons. The predicted molar refractivity (Wildman–Crippen MR) is 51.9 cm³/mol. The third-order valence-electron chi connectivity index (χ3n) is 2.35. The first kappa shape index (κ1) is 8.67. The van der Waals surface area contributed by atoms with Gasteiger partial charge in [-0.3, -0.25) is 0 Å². The average molecular weight is 205 g/mol. The van der Waals surface area contributed by atoms with E-state index in [1.807, 2.05) is 0 Å². The second kappa shape index (κ2) is 3.51. The molecule has 3 rings (SSSR count). The van der Waals surface area contributed by atoms with Gasteiger partial charge in [0.1, 0.15) is 6.26 Å². The molecule has 5 nitrogen and oxygen atoms in total. The number of hydrogen-bond donors (Lipinski definition) is 1. The molecule has 2 heterocycles. The van der Waals surface area contributed by atoms with Crippen molar-refractivity contribution in [1.82, 2.24) is 15.5 Å². The Kier molecular flexibility index (Phi) is 2.03. The van der Waals surface area contributed by atoms with Crippen LogP contribution in [-0.2, 0) is 6.54 Å². The predicted octanol–water partition coefficient (Wildman–Crippen LogP) is 1.58. The summed E-state index contributed by atoms with van der Waals surface area (Å²) in [6, 6.07) is 2.44. The van der Waals surface area contributed by atoms with Gasteiger partial charge in [-0.2, -0.15) is 0 Å². The van der Waals surface area contributed by atoms with Crippen molar-refractivity contribution >= 4 is 0 Å². The summed E-state index contributed by atoms with van der Waals surface area (Å²) < 4.78 is 10.4. The van der Waals surface area contributed by atoms with Gasteiger partial charge in [-0.15, -0.1) is 10.2 Å². The van der Waals surface area contributed by atoms with Crippen molar-refractivity contribution in [1.29, 1.82) is 0 Å². The van der Waals surface area contributed by atoms with Crippen LogP contribution in [0.1, 0.15) is 18.7 Å². The molecule has 0 aliphatic heterocycles. The summed E-state index contributed by atoms with van der Waals surface area (Å²) in [4.78, 5) is 0. The van der Waals surface area contributed by atoms with E-state index in [9.17, 15) is 0 Å². The van der Waals surface area contributed by atoms with Gasteiger partial charge in [-0.25, -0.2) is 0 Å². The average Bonchev–Trinajstić information content (AvgIpc) is 2.78. The van der Waals surface area contributed by atoms with Crippen LogP contribution in [0.4, 0.5) is 0 Å². The van der Waals surface area contributed by atoms with E-state index < -0.39 is 0 Å². The van der Waals surface area contributed by atoms with E-state index in [4.69, 9.17) is 8.83 Å². The maximum absolute atomic E-state index is 5.46. The van der Waals surface area contributed by atoms with Gasteiger partial charge in [0.15, 0.2) is 0 Å². The monoisotopic (exact) mass is 205 g/mol. The lowest BCUT2D eigenvalue weighted by Gasteiger charge is -1.95. The fraction of sp³-hybridized carbons (Fsp3) is 0.400. The lowest BCUT2D eigenvalue weighted by Crippen LogP contribution is -2.15. The highest BCUT2D eigenvalue weighted by Gasteiger charge is 2.21. The fourth-order valence-corrected chi connectivity index (χ4v) is 1.35. The van der Waals surface area contributed by atoms with Crippen LogP contribution in [-0.4, -0.2) is 16.2 Å². The molecule has 1 aliphatic carbocycles. The van der Waals surface area contributed by atoms with Crippen molar-refractivity contribution in [2.75, 3.05) is 0 Å². The molecule has 0 spiro atoms. The second-order valence-corrected chi connectivity index (χ2v) is 3.67. The zero-order valence-corrected chi connectivity index (χ0v) is 8.14. The summed E-state index contributed by atoms with van der Waals surface area (Å²) in [5.41, 5.74) is 0.820. The minimum Gasteiger partial charge on any atom is -0.472 e. The Morgan fingerprint density at radius 3 is 3.07 bits per heavy atom. The summed E-state index contributed by atoms with van der Waals surface area (Å²) in [6.45, 7) is 0.648. The van der Waals surface area contributed by atoms with E-state index in [-0.39, 0.29) is 0 Å². The minimum absolute atomic E-state index is 0.511. The summed E-state index contributed by atoms with van der Waals surface area (Å²) in [6.07, 6.45) is 5.68. The maximum Gasteiger partial charge on any atom is 0.251 e. The van der Waals surface area contributed by atoms with Crippen molar-refractivity contribution in [3.63, 3.8) is 0 Å². The third-order valence-corrected chi connectivity index (χ3v) is 2.35. The molecule has 1 N–H and O–H groups in total. The Labute approximate surface area is 86.5 Å². The largest absolute Gasteiger partial charge is 0.472 e. The number of furan rings is 1. The Morgan fingerprint density at radius 1 is 1.40 bits per heavy atom. The van der Waals surface area contributed by atoms with Gasteiger partial charge in [0, 0.05) is 6.04 Å². The SMILES string of the molecule is c1cc(-c2nnc(CNC3CC3)o2)co1. The van der Waals surface area contributed by atoms with Crippen LogP contribution in [0.2, 0.25) is 0 Å². The van der Waals surface area contributed by atoms with Crippen molar-refractivity contribution in [2.24, 2.45) is 0 Å². The van der Waals surface area contributed by atoms with Gasteiger partial charge < -0.3 is 14.2 Å². The molecule has 0 amide bonds. The Morgan fingerprint density at radius 2 is 2.33 bits per heavy atom. The first-order valence-corrected chi connectivity index (χ1v) is 5.00. The summed E-state index contributed by atoms with van der Waals surface area (Å²) >= 11 is 0. The van der Waals surface area contributed by atoms with Gasteiger partial charge in [-0.1, -0.05) is 0 Å². The van der Waals surface area contributed by atoms with E-state index in [1.165, 1.54) is 12.8 Å². The molecule has 2 aromatic rings. The Hall–Kier alpha value is -1.62. The van der Waals surface area contributed by atoms with E-state index in [1.54, 1.807) is 18.6 Å². The number of hydrogen-bond acceptors (Lipinski definition) is 5. The normalized spacial score (nSPS) is 15.7. The molecule has 5 heteroatoms. The summed E-state index contributed by atoms with van der Waals surface area (Å²) in [5.74, 6) is 1.13. The molecule has 15 heavy (non-hydrogen) atoms. The molecule has 0 unspecified atom stereocenters. The molecule has 0 aromatic carbocycles. The van der Waals surface area contributed by atoms with Gasteiger partial charge >= 0.3 is 0 Å². The van der Waals surface area contributed by atoms with Crippen LogP contribution >= 0.6 is 0 Å². The lowest BCUT2D eigenvalue weighted by atomic mass is 10.3. The van der Waals surface area contributed by atoms with Crippen LogP contribution in [0, 0.1) is 0 Å². The first-order chi connectivity index (χ1) is 7.42. The number of rotatable bonds is 4. The van der Waals surface area contributed by atoms with Crippen molar-refractivity contribution in [2.45, 2.75) is 25.4 Å². The highest BCUT2D eigenvalue weighted by molar-refractivity contribution is 5.49. The first-order valence-electron chi connectivity index (χ1n) is 5.00. The van der Waals surface area contributed by atoms with Gasteiger partial charge in [0.2, 0.25) is 5.89 Å². The van der Waals surface area contributed by atoms with Crippen LogP contribution in [0.25, 0.3) is 11.5 Å². The van der Waals surface area contributed by atoms with Crippen LogP contribution in [0.3, 0.4) is 0 Å². The number of aromatic nitrogens is 2. The van der Waals surface area contributed by atoms with E-state index in [0.29, 0.717) is 24.4 Å². The molecule has 78 valence electrons. The van der Waals surface area contributed by atoms with Crippen molar-refractivity contribution < 1.29 is 8.83 Å². The van der Waals surface area contributed by atoms with E-state index >= 15 is 0 Å². The molecule has 1 saturated carbocycles.